The van der Waals surface area contributed by atoms with Crippen molar-refractivity contribution in [3.8, 4) is 10.4 Å². The van der Waals surface area contributed by atoms with Gasteiger partial charge in [-0.2, -0.15) is 13.2 Å². The molecule has 0 spiro atoms. The van der Waals surface area contributed by atoms with E-state index in [2.05, 4.69) is 25.6 Å². The van der Waals surface area contributed by atoms with Crippen molar-refractivity contribution in [2.45, 2.75) is 19.3 Å². The maximum Gasteiger partial charge on any atom is 0.433 e. The van der Waals surface area contributed by atoms with Crippen LogP contribution in [0.2, 0.25) is 0 Å². The highest BCUT2D eigenvalue weighted by molar-refractivity contribution is 7.15. The molecule has 204 valence electrons. The van der Waals surface area contributed by atoms with Gasteiger partial charge in [-0.05, 0) is 59.7 Å². The molecule has 3 heterocycles. The summed E-state index contributed by atoms with van der Waals surface area (Å²) in [7, 11) is 0. The normalized spacial score (nSPS) is 11.5. The molecular formula is C27H19F5N6OS. The molecule has 0 saturated carbocycles. The first-order valence-corrected chi connectivity index (χ1v) is 12.5. The molecule has 3 aromatic heterocycles. The highest BCUT2D eigenvalue weighted by Crippen LogP contribution is 2.33. The molecule has 0 aliphatic carbocycles. The second kappa shape index (κ2) is 10.8. The number of rotatable bonds is 7. The fraction of sp³-hybridized carbons (Fsp3) is 0.111. The largest absolute Gasteiger partial charge is 0.433 e. The van der Waals surface area contributed by atoms with E-state index in [1.54, 1.807) is 6.07 Å². The lowest BCUT2D eigenvalue weighted by Crippen LogP contribution is -2.25. The number of carbonyl (C=O) groups is 1. The van der Waals surface area contributed by atoms with Crippen LogP contribution in [0.25, 0.3) is 21.3 Å². The number of nitrogen functional groups attached to an aromatic ring is 1. The number of nitrogens with two attached hydrogens (primary N) is 1. The fourth-order valence-electron chi connectivity index (χ4n) is 3.89. The highest BCUT2D eigenvalue weighted by Gasteiger charge is 2.33. The summed E-state index contributed by atoms with van der Waals surface area (Å²) in [6, 6.07) is 14.1. The molecule has 1 amide bonds. The van der Waals surface area contributed by atoms with E-state index in [0.717, 1.165) is 33.5 Å². The van der Waals surface area contributed by atoms with Crippen molar-refractivity contribution in [2.75, 3.05) is 11.1 Å². The maximum absolute atomic E-state index is 13.5. The van der Waals surface area contributed by atoms with Gasteiger partial charge in [-0.15, -0.1) is 11.3 Å². The van der Waals surface area contributed by atoms with Crippen molar-refractivity contribution in [1.82, 2.24) is 20.3 Å². The fourth-order valence-corrected chi connectivity index (χ4v) is 4.83. The van der Waals surface area contributed by atoms with Gasteiger partial charge in [0.05, 0.1) is 17.6 Å². The number of nitrogens with zero attached hydrogens (tertiary/aromatic N) is 3. The van der Waals surface area contributed by atoms with E-state index in [-0.39, 0.29) is 30.0 Å². The number of pyridine rings is 1. The quantitative estimate of drug-likeness (QED) is 0.202. The second-order valence-electron chi connectivity index (χ2n) is 8.63. The Morgan fingerprint density at radius 2 is 1.75 bits per heavy atom. The minimum atomic E-state index is -4.73. The minimum Gasteiger partial charge on any atom is -0.383 e. The number of nitrogens with one attached hydrogen (secondary N) is 2. The Bertz CT molecular complexity index is 1720. The number of anilines is 2. The molecule has 0 aliphatic heterocycles. The van der Waals surface area contributed by atoms with E-state index in [9.17, 15) is 26.7 Å². The van der Waals surface area contributed by atoms with Crippen molar-refractivity contribution in [1.29, 1.82) is 0 Å². The van der Waals surface area contributed by atoms with Gasteiger partial charge in [0.15, 0.2) is 11.6 Å². The molecule has 13 heteroatoms. The molecule has 7 nitrogen and oxygen atoms in total. The number of hydrogen-bond acceptors (Lipinski definition) is 7. The smallest absolute Gasteiger partial charge is 0.383 e. The molecule has 5 rings (SSSR count). The van der Waals surface area contributed by atoms with Crippen LogP contribution in [0.3, 0.4) is 0 Å². The number of alkyl halides is 3. The van der Waals surface area contributed by atoms with Crippen LogP contribution in [0.1, 0.15) is 26.5 Å². The third-order valence-electron chi connectivity index (χ3n) is 5.91. The Morgan fingerprint density at radius 3 is 2.52 bits per heavy atom. The average molecular weight is 571 g/mol. The number of halogens is 5. The van der Waals surface area contributed by atoms with Gasteiger partial charge < -0.3 is 16.4 Å². The van der Waals surface area contributed by atoms with Crippen LogP contribution in [0.5, 0.6) is 0 Å². The molecule has 0 bridgehead atoms. The third-order valence-corrected chi connectivity index (χ3v) is 7.04. The van der Waals surface area contributed by atoms with Gasteiger partial charge in [0, 0.05) is 21.7 Å². The number of carbonyl (C=O) groups excluding carboxylic acids is 1. The Labute approximate surface area is 227 Å². The van der Waals surface area contributed by atoms with Crippen LogP contribution in [-0.2, 0) is 19.3 Å². The van der Waals surface area contributed by atoms with Gasteiger partial charge in [0.2, 0.25) is 0 Å². The minimum absolute atomic E-state index is 0.0846. The summed E-state index contributed by atoms with van der Waals surface area (Å²) in [4.78, 5) is 26.3. The SMILES string of the molecule is Nc1ncnc2ccc(-c3ccc(CNc4nc(C(F)(F)F)ccc4C(=O)NCc4ccc(F)c(F)c4)s3)cc12. The first-order chi connectivity index (χ1) is 19.1. The molecule has 0 fully saturated rings. The standard InChI is InChI=1S/C27H19F5N6OS/c28-19-5-1-14(9-20(19)29)11-35-26(39)17-4-8-23(27(30,31)32)38-25(17)34-12-16-3-7-22(40-16)15-2-6-21-18(10-15)24(33)37-13-36-21/h1-10,13H,11-12H2,(H,34,38)(H,35,39)(H2,33,36,37). The topological polar surface area (TPSA) is 106 Å². The van der Waals surface area contributed by atoms with Crippen LogP contribution in [0.4, 0.5) is 33.6 Å². The zero-order valence-electron chi connectivity index (χ0n) is 20.4. The molecule has 0 unspecified atom stereocenters. The number of amides is 1. The van der Waals surface area contributed by atoms with Crippen LogP contribution in [-0.4, -0.2) is 20.9 Å². The van der Waals surface area contributed by atoms with Gasteiger partial charge in [-0.3, -0.25) is 4.79 Å². The second-order valence-corrected chi connectivity index (χ2v) is 9.80. The molecule has 40 heavy (non-hydrogen) atoms. The Balaban J connectivity index is 1.35. The van der Waals surface area contributed by atoms with Crippen molar-refractivity contribution in [2.24, 2.45) is 0 Å². The number of fused-ring (bicyclic) bond motifs is 1. The summed E-state index contributed by atoms with van der Waals surface area (Å²) < 4.78 is 66.7. The van der Waals surface area contributed by atoms with E-state index in [0.29, 0.717) is 22.8 Å². The number of hydrogen-bond donors (Lipinski definition) is 3. The summed E-state index contributed by atoms with van der Waals surface area (Å²) in [5.41, 5.74) is 6.48. The zero-order chi connectivity index (χ0) is 28.4. The molecule has 4 N–H and O–H groups in total. The molecule has 2 aromatic carbocycles. The molecule has 0 aliphatic rings. The van der Waals surface area contributed by atoms with Gasteiger partial charge >= 0.3 is 6.18 Å². The first-order valence-electron chi connectivity index (χ1n) is 11.7. The monoisotopic (exact) mass is 570 g/mol. The third kappa shape index (κ3) is 5.83. The Morgan fingerprint density at radius 1 is 0.925 bits per heavy atom. The Hall–Kier alpha value is -4.65. The lowest BCUT2D eigenvalue weighted by molar-refractivity contribution is -0.141. The van der Waals surface area contributed by atoms with Crippen molar-refractivity contribution in [3.05, 3.63) is 100 Å². The number of aromatic nitrogens is 3. The number of thiophene rings is 1. The lowest BCUT2D eigenvalue weighted by Gasteiger charge is -2.14. The van der Waals surface area contributed by atoms with E-state index in [1.807, 2.05) is 24.3 Å². The van der Waals surface area contributed by atoms with Crippen LogP contribution >= 0.6 is 11.3 Å². The maximum atomic E-state index is 13.5. The van der Waals surface area contributed by atoms with Crippen LogP contribution < -0.4 is 16.4 Å². The van der Waals surface area contributed by atoms with Gasteiger partial charge in [-0.1, -0.05) is 12.1 Å². The zero-order valence-corrected chi connectivity index (χ0v) is 21.2. The van der Waals surface area contributed by atoms with Crippen molar-refractivity contribution >= 4 is 39.8 Å². The van der Waals surface area contributed by atoms with Crippen LogP contribution in [0, 0.1) is 11.6 Å². The lowest BCUT2D eigenvalue weighted by atomic mass is 10.1. The molecule has 5 aromatic rings. The predicted molar refractivity (Wildman–Crippen MR) is 141 cm³/mol. The van der Waals surface area contributed by atoms with Crippen molar-refractivity contribution < 1.29 is 26.7 Å². The number of benzene rings is 2. The molecule has 0 radical (unpaired) electrons. The van der Waals surface area contributed by atoms with E-state index in [4.69, 9.17) is 5.73 Å². The summed E-state index contributed by atoms with van der Waals surface area (Å²) >= 11 is 1.39. The Kier molecular flexibility index (Phi) is 7.30. The van der Waals surface area contributed by atoms with Gasteiger partial charge in [0.25, 0.3) is 5.91 Å². The van der Waals surface area contributed by atoms with E-state index < -0.39 is 29.4 Å². The summed E-state index contributed by atoms with van der Waals surface area (Å²) in [5, 5.41) is 6.02. The summed E-state index contributed by atoms with van der Waals surface area (Å²) in [6.45, 7) is -0.0899. The van der Waals surface area contributed by atoms with E-state index >= 15 is 0 Å². The molecule has 0 saturated heterocycles. The van der Waals surface area contributed by atoms with Crippen molar-refractivity contribution in [3.63, 3.8) is 0 Å². The average Bonchev–Trinajstić information content (AvgIpc) is 3.41. The summed E-state index contributed by atoms with van der Waals surface area (Å²) in [6.07, 6.45) is -3.35. The predicted octanol–water partition coefficient (Wildman–Crippen LogP) is 6.17. The van der Waals surface area contributed by atoms with Crippen LogP contribution in [0.15, 0.2) is 67.0 Å². The van der Waals surface area contributed by atoms with Gasteiger partial charge in [-0.25, -0.2) is 23.7 Å². The molecular weight excluding hydrogens is 551 g/mol. The highest BCUT2D eigenvalue weighted by atomic mass is 32.1. The molecule has 0 atom stereocenters. The van der Waals surface area contributed by atoms with E-state index in [1.165, 1.54) is 23.7 Å². The summed E-state index contributed by atoms with van der Waals surface area (Å²) in [5.74, 6) is -2.79. The van der Waals surface area contributed by atoms with Gasteiger partial charge in [0.1, 0.15) is 23.7 Å². The first kappa shape index (κ1) is 26.9.